The quantitative estimate of drug-likeness (QED) is 0.462. The van der Waals surface area contributed by atoms with Crippen molar-refractivity contribution >= 4 is 22.8 Å². The molecule has 120 valence electrons. The van der Waals surface area contributed by atoms with Crippen molar-refractivity contribution in [1.82, 2.24) is 16.0 Å². The number of rotatable bonds is 3. The van der Waals surface area contributed by atoms with E-state index in [9.17, 15) is 9.90 Å². The molecule has 7 heteroatoms. The second-order valence-electron chi connectivity index (χ2n) is 6.13. The lowest BCUT2D eigenvalue weighted by atomic mass is 9.94. The van der Waals surface area contributed by atoms with Crippen molar-refractivity contribution in [3.63, 3.8) is 0 Å². The largest absolute Gasteiger partial charge is 0.388 e. The summed E-state index contributed by atoms with van der Waals surface area (Å²) in [5.74, 6) is -0.223. The van der Waals surface area contributed by atoms with Gasteiger partial charge in [-0.1, -0.05) is 25.7 Å². The smallest absolute Gasteiger partial charge is 0.267 e. The van der Waals surface area contributed by atoms with Gasteiger partial charge in [0.25, 0.3) is 5.91 Å². The summed E-state index contributed by atoms with van der Waals surface area (Å²) < 4.78 is 0. The molecule has 0 spiro atoms. The minimum Gasteiger partial charge on any atom is -0.388 e. The van der Waals surface area contributed by atoms with Gasteiger partial charge in [-0.3, -0.25) is 4.79 Å². The molecule has 3 aliphatic rings. The van der Waals surface area contributed by atoms with Crippen molar-refractivity contribution in [1.29, 1.82) is 0 Å². The van der Waals surface area contributed by atoms with Crippen LogP contribution in [0.25, 0.3) is 0 Å². The Balaban J connectivity index is 1.57. The Bertz CT molecular complexity index is 548. The van der Waals surface area contributed by atoms with Gasteiger partial charge in [0.15, 0.2) is 5.29 Å². The average molecular weight is 325 g/mol. The van der Waals surface area contributed by atoms with E-state index < -0.39 is 5.60 Å². The standard InChI is InChI=1S/C15H21ClN4O2/c16-14-17-8-10-7-11(19-12(10)20-14)13(21)18-9-15(22)5-3-1-2-4-6-15/h7-8,12,19,22H,1-6,9H2,(H,17,20)(H,18,21). The third kappa shape index (κ3) is 3.44. The highest BCUT2D eigenvalue weighted by atomic mass is 35.5. The minimum atomic E-state index is -0.777. The normalized spacial score (nSPS) is 26.5. The summed E-state index contributed by atoms with van der Waals surface area (Å²) in [7, 11) is 0. The predicted octanol–water partition coefficient (Wildman–Crippen LogP) is 1.08. The molecule has 1 unspecified atom stereocenters. The summed E-state index contributed by atoms with van der Waals surface area (Å²) in [5.41, 5.74) is 0.536. The second-order valence-corrected chi connectivity index (χ2v) is 6.49. The van der Waals surface area contributed by atoms with E-state index in [2.05, 4.69) is 20.9 Å². The molecule has 3 rings (SSSR count). The van der Waals surface area contributed by atoms with Gasteiger partial charge < -0.3 is 21.1 Å². The Hall–Kier alpha value is -1.53. The van der Waals surface area contributed by atoms with Gasteiger partial charge >= 0.3 is 0 Å². The van der Waals surface area contributed by atoms with Crippen molar-refractivity contribution in [3.8, 4) is 0 Å². The zero-order valence-electron chi connectivity index (χ0n) is 12.4. The molecule has 0 saturated heterocycles. The molecular weight excluding hydrogens is 304 g/mol. The maximum absolute atomic E-state index is 12.3. The molecule has 1 amide bonds. The van der Waals surface area contributed by atoms with Crippen LogP contribution in [0.15, 0.2) is 28.5 Å². The first kappa shape index (κ1) is 15.4. The van der Waals surface area contributed by atoms with Crippen LogP contribution in [0.4, 0.5) is 0 Å². The number of hydrogen-bond acceptors (Lipinski definition) is 5. The summed E-state index contributed by atoms with van der Waals surface area (Å²) >= 11 is 5.80. The lowest BCUT2D eigenvalue weighted by Gasteiger charge is -2.27. The van der Waals surface area contributed by atoms with E-state index in [4.69, 9.17) is 11.6 Å². The fourth-order valence-corrected chi connectivity index (χ4v) is 3.23. The van der Waals surface area contributed by atoms with Crippen molar-refractivity contribution in [2.75, 3.05) is 6.54 Å². The summed E-state index contributed by atoms with van der Waals surface area (Å²) in [5, 5.41) is 19.5. The van der Waals surface area contributed by atoms with Crippen molar-refractivity contribution in [3.05, 3.63) is 23.5 Å². The molecule has 1 fully saturated rings. The van der Waals surface area contributed by atoms with Gasteiger partial charge in [0, 0.05) is 18.3 Å². The fourth-order valence-electron chi connectivity index (χ4n) is 3.07. The Morgan fingerprint density at radius 3 is 2.86 bits per heavy atom. The number of carbonyl (C=O) groups excluding carboxylic acids is 1. The Labute approximate surface area is 134 Å². The number of fused-ring (bicyclic) bond motifs is 1. The van der Waals surface area contributed by atoms with Gasteiger partial charge in [0.05, 0.1) is 5.60 Å². The topological polar surface area (TPSA) is 85.8 Å². The highest BCUT2D eigenvalue weighted by Gasteiger charge is 2.31. The Morgan fingerprint density at radius 1 is 1.41 bits per heavy atom. The number of amides is 1. The first-order valence-corrected chi connectivity index (χ1v) is 8.12. The van der Waals surface area contributed by atoms with Crippen molar-refractivity contribution < 1.29 is 9.90 Å². The highest BCUT2D eigenvalue weighted by molar-refractivity contribution is 6.64. The number of carbonyl (C=O) groups is 1. The number of nitrogens with zero attached hydrogens (tertiary/aromatic N) is 1. The summed E-state index contributed by atoms with van der Waals surface area (Å²) in [6.45, 7) is 0.289. The van der Waals surface area contributed by atoms with Gasteiger partial charge in [-0.05, 0) is 30.5 Å². The van der Waals surface area contributed by atoms with E-state index in [0.29, 0.717) is 11.0 Å². The van der Waals surface area contributed by atoms with Crippen LogP contribution in [0.1, 0.15) is 38.5 Å². The molecule has 6 nitrogen and oxygen atoms in total. The molecular formula is C15H21ClN4O2. The second kappa shape index (κ2) is 6.30. The van der Waals surface area contributed by atoms with E-state index in [0.717, 1.165) is 44.1 Å². The molecule has 0 bridgehead atoms. The lowest BCUT2D eigenvalue weighted by molar-refractivity contribution is -0.119. The average Bonchev–Trinajstić information content (AvgIpc) is 2.79. The predicted molar refractivity (Wildman–Crippen MR) is 85.2 cm³/mol. The van der Waals surface area contributed by atoms with Crippen LogP contribution in [-0.2, 0) is 4.79 Å². The molecule has 0 aromatic rings. The molecule has 4 N–H and O–H groups in total. The van der Waals surface area contributed by atoms with Gasteiger partial charge in [0.1, 0.15) is 11.9 Å². The Kier molecular flexibility index (Phi) is 4.40. The fraction of sp³-hybridized carbons (Fsp3) is 0.600. The van der Waals surface area contributed by atoms with Crippen LogP contribution < -0.4 is 16.0 Å². The van der Waals surface area contributed by atoms with Gasteiger partial charge in [-0.15, -0.1) is 0 Å². The summed E-state index contributed by atoms with van der Waals surface area (Å²) in [6, 6.07) is 0. The zero-order chi connectivity index (χ0) is 15.6. The van der Waals surface area contributed by atoms with Crippen LogP contribution in [0, 0.1) is 0 Å². The van der Waals surface area contributed by atoms with Crippen LogP contribution in [0.5, 0.6) is 0 Å². The number of hydrogen-bond donors (Lipinski definition) is 4. The van der Waals surface area contributed by atoms with Crippen molar-refractivity contribution in [2.24, 2.45) is 4.99 Å². The van der Waals surface area contributed by atoms with Crippen LogP contribution in [-0.4, -0.2) is 34.6 Å². The van der Waals surface area contributed by atoms with Crippen LogP contribution in [0.2, 0.25) is 0 Å². The van der Waals surface area contributed by atoms with Gasteiger partial charge in [-0.2, -0.15) is 0 Å². The van der Waals surface area contributed by atoms with Gasteiger partial charge in [-0.25, -0.2) is 4.99 Å². The molecule has 2 heterocycles. The summed E-state index contributed by atoms with van der Waals surface area (Å²) in [4.78, 5) is 16.4. The molecule has 1 aliphatic carbocycles. The zero-order valence-corrected chi connectivity index (χ0v) is 13.1. The van der Waals surface area contributed by atoms with Gasteiger partial charge in [0.2, 0.25) is 0 Å². The molecule has 1 saturated carbocycles. The van der Waals surface area contributed by atoms with E-state index in [-0.39, 0.29) is 18.6 Å². The van der Waals surface area contributed by atoms with E-state index in [1.54, 1.807) is 12.3 Å². The molecule has 2 aliphatic heterocycles. The molecule has 0 aromatic heterocycles. The number of aliphatic hydroxyl groups is 1. The highest BCUT2D eigenvalue weighted by Crippen LogP contribution is 2.26. The first-order chi connectivity index (χ1) is 10.6. The molecule has 0 radical (unpaired) electrons. The number of amidine groups is 1. The maximum Gasteiger partial charge on any atom is 0.267 e. The maximum atomic E-state index is 12.3. The van der Waals surface area contributed by atoms with Crippen molar-refractivity contribution in [2.45, 2.75) is 50.3 Å². The third-order valence-corrected chi connectivity index (χ3v) is 4.58. The number of aliphatic imine (C=N–C) groups is 1. The first-order valence-electron chi connectivity index (χ1n) is 7.74. The SMILES string of the molecule is O=C(NCC1(O)CCCCCC1)C1=CC2=CNC(Cl)=NC2N1. The number of halogens is 1. The van der Waals surface area contributed by atoms with E-state index in [1.807, 2.05) is 0 Å². The molecule has 0 aromatic carbocycles. The van der Waals surface area contributed by atoms with Crippen LogP contribution >= 0.6 is 11.6 Å². The molecule has 22 heavy (non-hydrogen) atoms. The van der Waals surface area contributed by atoms with E-state index in [1.165, 1.54) is 0 Å². The monoisotopic (exact) mass is 324 g/mol. The van der Waals surface area contributed by atoms with E-state index >= 15 is 0 Å². The lowest BCUT2D eigenvalue weighted by Crippen LogP contribution is -2.44. The number of nitrogens with one attached hydrogen (secondary N) is 3. The summed E-state index contributed by atoms with van der Waals surface area (Å²) in [6.07, 6.45) is 9.00. The minimum absolute atomic E-state index is 0.223. The molecule has 1 atom stereocenters. The third-order valence-electron chi connectivity index (χ3n) is 4.38. The van der Waals surface area contributed by atoms with Crippen LogP contribution in [0.3, 0.4) is 0 Å². The Morgan fingerprint density at radius 2 is 2.14 bits per heavy atom.